The minimum atomic E-state index is -0.500. The van der Waals surface area contributed by atoms with Gasteiger partial charge < -0.3 is 10.1 Å². The van der Waals surface area contributed by atoms with Gasteiger partial charge in [0.2, 0.25) is 5.91 Å². The number of nitro groups is 1. The van der Waals surface area contributed by atoms with Crippen LogP contribution in [-0.4, -0.2) is 47.9 Å². The van der Waals surface area contributed by atoms with Crippen LogP contribution in [0.25, 0.3) is 0 Å². The smallest absolute Gasteiger partial charge is 0.310 e. The fourth-order valence-electron chi connectivity index (χ4n) is 3.10. The van der Waals surface area contributed by atoms with Crippen molar-refractivity contribution >= 4 is 23.3 Å². The summed E-state index contributed by atoms with van der Waals surface area (Å²) in [5.41, 5.74) is 1.74. The molecule has 1 aliphatic heterocycles. The number of hydrogen-bond donors (Lipinski definition) is 1. The second-order valence-electron chi connectivity index (χ2n) is 6.59. The van der Waals surface area contributed by atoms with E-state index in [1.54, 1.807) is 19.9 Å². The Morgan fingerprint density at radius 1 is 1.35 bits per heavy atom. The van der Waals surface area contributed by atoms with Crippen LogP contribution in [0.15, 0.2) is 12.1 Å². The van der Waals surface area contributed by atoms with E-state index in [0.29, 0.717) is 19.7 Å². The highest BCUT2D eigenvalue weighted by Crippen LogP contribution is 2.28. The molecule has 0 bridgehead atoms. The molecule has 1 fully saturated rings. The number of hydrogen-bond acceptors (Lipinski definition) is 6. The summed E-state index contributed by atoms with van der Waals surface area (Å²) >= 11 is 0. The second-order valence-corrected chi connectivity index (χ2v) is 6.59. The standard InChI is InChI=1S/C18H25N3O5/c1-4-26-18(23)14-6-5-7-20(10-14)11-17(22)19-15-8-12(2)13(3)9-16(15)21(24)25/h8-9,14H,4-7,10-11H2,1-3H3,(H,19,22)/t14-/m1/s1. The first-order valence-electron chi connectivity index (χ1n) is 8.76. The summed E-state index contributed by atoms with van der Waals surface area (Å²) in [5, 5.41) is 13.9. The molecule has 0 radical (unpaired) electrons. The van der Waals surface area contributed by atoms with E-state index in [-0.39, 0.29) is 35.7 Å². The molecule has 2 rings (SSSR count). The molecule has 0 saturated carbocycles. The Morgan fingerprint density at radius 3 is 2.69 bits per heavy atom. The number of nitrogens with one attached hydrogen (secondary N) is 1. The summed E-state index contributed by atoms with van der Waals surface area (Å²) in [6.45, 7) is 6.98. The molecule has 1 atom stereocenters. The van der Waals surface area contributed by atoms with Crippen LogP contribution in [0.1, 0.15) is 30.9 Å². The van der Waals surface area contributed by atoms with Crippen molar-refractivity contribution in [1.82, 2.24) is 4.90 Å². The summed E-state index contributed by atoms with van der Waals surface area (Å²) in [4.78, 5) is 36.9. The molecule has 0 aliphatic carbocycles. The predicted octanol–water partition coefficient (Wildman–Crippen LogP) is 2.43. The van der Waals surface area contributed by atoms with E-state index in [1.165, 1.54) is 6.07 Å². The van der Waals surface area contributed by atoms with Crippen molar-refractivity contribution in [1.29, 1.82) is 0 Å². The van der Waals surface area contributed by atoms with Gasteiger partial charge in [0.25, 0.3) is 5.69 Å². The largest absolute Gasteiger partial charge is 0.466 e. The molecular formula is C18H25N3O5. The Bertz CT molecular complexity index is 704. The summed E-state index contributed by atoms with van der Waals surface area (Å²) in [5.74, 6) is -0.796. The van der Waals surface area contributed by atoms with Gasteiger partial charge in [-0.15, -0.1) is 0 Å². The Balaban J connectivity index is 2.01. The fraction of sp³-hybridized carbons (Fsp3) is 0.556. The third-order valence-corrected chi connectivity index (χ3v) is 4.58. The molecule has 1 aromatic carbocycles. The van der Waals surface area contributed by atoms with Crippen molar-refractivity contribution in [2.24, 2.45) is 5.92 Å². The summed E-state index contributed by atoms with van der Waals surface area (Å²) in [7, 11) is 0. The highest BCUT2D eigenvalue weighted by Gasteiger charge is 2.28. The maximum atomic E-state index is 12.4. The number of likely N-dealkylation sites (tertiary alicyclic amines) is 1. The van der Waals surface area contributed by atoms with Gasteiger partial charge in [-0.05, 0) is 57.4 Å². The lowest BCUT2D eigenvalue weighted by Gasteiger charge is -2.30. The molecule has 26 heavy (non-hydrogen) atoms. The van der Waals surface area contributed by atoms with Crippen LogP contribution in [0.3, 0.4) is 0 Å². The number of piperidine rings is 1. The van der Waals surface area contributed by atoms with Crippen LogP contribution in [0.5, 0.6) is 0 Å². The van der Waals surface area contributed by atoms with Gasteiger partial charge in [-0.1, -0.05) is 0 Å². The summed E-state index contributed by atoms with van der Waals surface area (Å²) < 4.78 is 5.06. The highest BCUT2D eigenvalue weighted by atomic mass is 16.6. The lowest BCUT2D eigenvalue weighted by atomic mass is 9.98. The minimum Gasteiger partial charge on any atom is -0.466 e. The van der Waals surface area contributed by atoms with Crippen molar-refractivity contribution in [2.75, 3.05) is 31.6 Å². The highest BCUT2D eigenvalue weighted by molar-refractivity contribution is 5.94. The van der Waals surface area contributed by atoms with E-state index in [0.717, 1.165) is 24.0 Å². The lowest BCUT2D eigenvalue weighted by Crippen LogP contribution is -2.43. The molecule has 0 unspecified atom stereocenters. The number of anilines is 1. The van der Waals surface area contributed by atoms with Crippen LogP contribution in [0.2, 0.25) is 0 Å². The average molecular weight is 363 g/mol. The van der Waals surface area contributed by atoms with Crippen molar-refractivity contribution in [3.05, 3.63) is 33.4 Å². The molecule has 142 valence electrons. The van der Waals surface area contributed by atoms with Gasteiger partial charge in [0.15, 0.2) is 0 Å². The van der Waals surface area contributed by atoms with Crippen molar-refractivity contribution in [3.8, 4) is 0 Å². The first kappa shape index (κ1) is 19.8. The number of carbonyl (C=O) groups excluding carboxylic acids is 2. The van der Waals surface area contributed by atoms with E-state index in [4.69, 9.17) is 4.74 Å². The molecule has 1 N–H and O–H groups in total. The topological polar surface area (TPSA) is 102 Å². The number of ether oxygens (including phenoxy) is 1. The maximum absolute atomic E-state index is 12.4. The first-order chi connectivity index (χ1) is 12.3. The number of esters is 1. The number of nitrogens with zero attached hydrogens (tertiary/aromatic N) is 2. The number of rotatable bonds is 6. The minimum absolute atomic E-state index is 0.0833. The molecule has 0 aromatic heterocycles. The molecule has 0 spiro atoms. The molecule has 1 heterocycles. The van der Waals surface area contributed by atoms with Crippen LogP contribution in [0, 0.1) is 29.9 Å². The number of carbonyl (C=O) groups is 2. The fourth-order valence-corrected chi connectivity index (χ4v) is 3.10. The Labute approximate surface area is 152 Å². The van der Waals surface area contributed by atoms with Crippen molar-refractivity contribution in [3.63, 3.8) is 0 Å². The Kier molecular flexibility index (Phi) is 6.68. The normalized spacial score (nSPS) is 17.6. The second kappa shape index (κ2) is 8.75. The summed E-state index contributed by atoms with van der Waals surface area (Å²) in [6.07, 6.45) is 1.56. The quantitative estimate of drug-likeness (QED) is 0.473. The van der Waals surface area contributed by atoms with Gasteiger partial charge in [-0.25, -0.2) is 0 Å². The van der Waals surface area contributed by atoms with Gasteiger partial charge in [-0.2, -0.15) is 0 Å². The molecule has 1 aliphatic rings. The van der Waals surface area contributed by atoms with E-state index >= 15 is 0 Å². The molecule has 1 saturated heterocycles. The maximum Gasteiger partial charge on any atom is 0.310 e. The van der Waals surface area contributed by atoms with Gasteiger partial charge in [0, 0.05) is 12.6 Å². The number of nitro benzene ring substituents is 1. The Hall–Kier alpha value is -2.48. The van der Waals surface area contributed by atoms with Crippen molar-refractivity contribution in [2.45, 2.75) is 33.6 Å². The molecule has 1 amide bonds. The molecule has 8 nitrogen and oxygen atoms in total. The lowest BCUT2D eigenvalue weighted by molar-refractivity contribution is -0.384. The van der Waals surface area contributed by atoms with Crippen LogP contribution in [-0.2, 0) is 14.3 Å². The monoisotopic (exact) mass is 363 g/mol. The van der Waals surface area contributed by atoms with E-state index in [2.05, 4.69) is 5.32 Å². The van der Waals surface area contributed by atoms with Crippen molar-refractivity contribution < 1.29 is 19.2 Å². The van der Waals surface area contributed by atoms with Crippen LogP contribution >= 0.6 is 0 Å². The van der Waals surface area contributed by atoms with Gasteiger partial charge in [0.1, 0.15) is 5.69 Å². The van der Waals surface area contributed by atoms with Crippen LogP contribution < -0.4 is 5.32 Å². The number of benzene rings is 1. The third kappa shape index (κ3) is 5.01. The SMILES string of the molecule is CCOC(=O)[C@@H]1CCCN(CC(=O)Nc2cc(C)c(C)cc2[N+](=O)[O-])C1. The molecular weight excluding hydrogens is 338 g/mol. The first-order valence-corrected chi connectivity index (χ1v) is 8.76. The molecule has 8 heteroatoms. The van der Waals surface area contributed by atoms with Crippen LogP contribution in [0.4, 0.5) is 11.4 Å². The zero-order chi connectivity index (χ0) is 19.3. The van der Waals surface area contributed by atoms with Gasteiger partial charge in [0.05, 0.1) is 24.0 Å². The third-order valence-electron chi connectivity index (χ3n) is 4.58. The predicted molar refractivity (Wildman–Crippen MR) is 97.0 cm³/mol. The van der Waals surface area contributed by atoms with E-state index < -0.39 is 4.92 Å². The molecule has 1 aromatic rings. The van der Waals surface area contributed by atoms with Gasteiger partial charge >= 0.3 is 5.97 Å². The zero-order valence-corrected chi connectivity index (χ0v) is 15.4. The van der Waals surface area contributed by atoms with E-state index in [9.17, 15) is 19.7 Å². The van der Waals surface area contributed by atoms with Gasteiger partial charge in [-0.3, -0.25) is 24.6 Å². The average Bonchev–Trinajstić information content (AvgIpc) is 2.58. The zero-order valence-electron chi connectivity index (χ0n) is 15.4. The van der Waals surface area contributed by atoms with E-state index in [1.807, 2.05) is 11.8 Å². The Morgan fingerprint density at radius 2 is 2.04 bits per heavy atom. The number of aryl methyl sites for hydroxylation is 2. The number of amides is 1. The summed E-state index contributed by atoms with van der Waals surface area (Å²) in [6, 6.07) is 3.08.